The highest BCUT2D eigenvalue weighted by Gasteiger charge is 2.49. The summed E-state index contributed by atoms with van der Waals surface area (Å²) in [6, 6.07) is 12.1. The number of nitrogens with zero attached hydrogens (tertiary/aromatic N) is 2. The summed E-state index contributed by atoms with van der Waals surface area (Å²) in [4.78, 5) is 31.1. The second-order valence-electron chi connectivity index (χ2n) is 6.15. The van der Waals surface area contributed by atoms with Crippen LogP contribution in [0.5, 0.6) is 0 Å². The van der Waals surface area contributed by atoms with Gasteiger partial charge in [0, 0.05) is 0 Å². The van der Waals surface area contributed by atoms with E-state index in [9.17, 15) is 9.59 Å². The second kappa shape index (κ2) is 6.23. The lowest BCUT2D eigenvalue weighted by Gasteiger charge is -2.22. The highest BCUT2D eigenvalue weighted by atomic mass is 35.5. The summed E-state index contributed by atoms with van der Waals surface area (Å²) in [5.41, 5.74) is 0.242. The number of fused-ring (bicyclic) bond motifs is 1. The molecular formula is C18H13Cl2N3O2S. The fourth-order valence-corrected chi connectivity index (χ4v) is 4.22. The van der Waals surface area contributed by atoms with Crippen LogP contribution in [0.1, 0.15) is 17.5 Å². The molecule has 26 heavy (non-hydrogen) atoms. The summed E-state index contributed by atoms with van der Waals surface area (Å²) < 4.78 is 1.02. The maximum absolute atomic E-state index is 13.0. The van der Waals surface area contributed by atoms with Crippen LogP contribution < -0.4 is 5.32 Å². The molecule has 3 amide bonds. The average molecular weight is 406 g/mol. The molecule has 0 spiro atoms. The third-order valence-electron chi connectivity index (χ3n) is 4.40. The van der Waals surface area contributed by atoms with Crippen molar-refractivity contribution in [1.82, 2.24) is 15.2 Å². The molecule has 1 aliphatic heterocycles. The number of aromatic nitrogens is 1. The van der Waals surface area contributed by atoms with E-state index in [2.05, 4.69) is 10.3 Å². The monoisotopic (exact) mass is 405 g/mol. The SMILES string of the molecule is C[C@@]1(c2ccc(Cl)c(Cl)c2)NC(=O)N(Cc2nc3ccccc3s2)C1=O. The van der Waals surface area contributed by atoms with Gasteiger partial charge in [-0.1, -0.05) is 41.4 Å². The lowest BCUT2D eigenvalue weighted by atomic mass is 9.92. The Labute approximate surface area is 163 Å². The Morgan fingerprint density at radius 3 is 2.65 bits per heavy atom. The van der Waals surface area contributed by atoms with Crippen LogP contribution in [0, 0.1) is 0 Å². The maximum Gasteiger partial charge on any atom is 0.325 e. The molecule has 1 fully saturated rings. The van der Waals surface area contributed by atoms with Crippen molar-refractivity contribution < 1.29 is 9.59 Å². The van der Waals surface area contributed by atoms with E-state index >= 15 is 0 Å². The Morgan fingerprint density at radius 2 is 1.92 bits per heavy atom. The van der Waals surface area contributed by atoms with Crippen molar-refractivity contribution in [2.24, 2.45) is 0 Å². The molecule has 0 saturated carbocycles. The van der Waals surface area contributed by atoms with Gasteiger partial charge in [-0.25, -0.2) is 9.78 Å². The summed E-state index contributed by atoms with van der Waals surface area (Å²) in [6.45, 7) is 1.78. The van der Waals surface area contributed by atoms with Gasteiger partial charge in [-0.05, 0) is 36.8 Å². The highest BCUT2D eigenvalue weighted by Crippen LogP contribution is 2.34. The summed E-state index contributed by atoms with van der Waals surface area (Å²) in [5, 5.41) is 4.18. The first-order chi connectivity index (χ1) is 12.4. The number of para-hydroxylation sites is 1. The van der Waals surface area contributed by atoms with Crippen LogP contribution in [0.15, 0.2) is 42.5 Å². The van der Waals surface area contributed by atoms with Gasteiger partial charge in [0.1, 0.15) is 10.5 Å². The average Bonchev–Trinajstić information content (AvgIpc) is 3.12. The van der Waals surface area contributed by atoms with E-state index in [0.717, 1.165) is 10.2 Å². The van der Waals surface area contributed by atoms with Crippen molar-refractivity contribution in [2.75, 3.05) is 0 Å². The van der Waals surface area contributed by atoms with Gasteiger partial charge in [0.15, 0.2) is 0 Å². The van der Waals surface area contributed by atoms with Crippen LogP contribution in [0.4, 0.5) is 4.79 Å². The second-order valence-corrected chi connectivity index (χ2v) is 8.08. The molecular weight excluding hydrogens is 393 g/mol. The van der Waals surface area contributed by atoms with Gasteiger partial charge in [0.2, 0.25) is 0 Å². The number of imide groups is 1. The van der Waals surface area contributed by atoms with Crippen molar-refractivity contribution in [1.29, 1.82) is 0 Å². The van der Waals surface area contributed by atoms with E-state index in [-0.39, 0.29) is 12.5 Å². The number of hydrogen-bond acceptors (Lipinski definition) is 4. The minimum absolute atomic E-state index is 0.126. The van der Waals surface area contributed by atoms with Gasteiger partial charge in [-0.3, -0.25) is 9.69 Å². The molecule has 1 aromatic heterocycles. The number of rotatable bonds is 3. The van der Waals surface area contributed by atoms with Crippen molar-refractivity contribution in [3.8, 4) is 0 Å². The molecule has 2 heterocycles. The summed E-state index contributed by atoms with van der Waals surface area (Å²) >= 11 is 13.5. The van der Waals surface area contributed by atoms with Gasteiger partial charge in [-0.2, -0.15) is 0 Å². The Hall–Kier alpha value is -2.15. The predicted octanol–water partition coefficient (Wildman–Crippen LogP) is 4.57. The van der Waals surface area contributed by atoms with Gasteiger partial charge in [-0.15, -0.1) is 11.3 Å². The molecule has 3 aromatic rings. The number of benzene rings is 2. The standard InChI is InChI=1S/C18H13Cl2N3O2S/c1-18(10-6-7-11(19)12(20)8-10)16(24)23(17(25)22-18)9-15-21-13-4-2-3-5-14(13)26-15/h2-8H,9H2,1H3,(H,22,25)/t18-/m0/s1. The van der Waals surface area contributed by atoms with Crippen LogP contribution in [0.3, 0.4) is 0 Å². The van der Waals surface area contributed by atoms with Gasteiger partial charge in [0.05, 0.1) is 26.8 Å². The summed E-state index contributed by atoms with van der Waals surface area (Å²) in [5.74, 6) is -0.347. The maximum atomic E-state index is 13.0. The topological polar surface area (TPSA) is 62.3 Å². The van der Waals surface area contributed by atoms with Gasteiger partial charge < -0.3 is 5.32 Å². The largest absolute Gasteiger partial charge is 0.325 e. The Balaban J connectivity index is 1.65. The third-order valence-corrected chi connectivity index (χ3v) is 6.16. The summed E-state index contributed by atoms with van der Waals surface area (Å²) in [7, 11) is 0. The molecule has 2 aromatic carbocycles. The molecule has 5 nitrogen and oxygen atoms in total. The van der Waals surface area contributed by atoms with Crippen molar-refractivity contribution in [2.45, 2.75) is 19.0 Å². The zero-order valence-electron chi connectivity index (χ0n) is 13.6. The van der Waals surface area contributed by atoms with E-state index in [0.29, 0.717) is 20.6 Å². The first-order valence-corrected chi connectivity index (χ1v) is 9.40. The molecule has 0 unspecified atom stereocenters. The molecule has 132 valence electrons. The van der Waals surface area contributed by atoms with E-state index in [1.807, 2.05) is 24.3 Å². The zero-order chi connectivity index (χ0) is 18.5. The van der Waals surface area contributed by atoms with Crippen molar-refractivity contribution in [3.63, 3.8) is 0 Å². The molecule has 8 heteroatoms. The highest BCUT2D eigenvalue weighted by molar-refractivity contribution is 7.18. The van der Waals surface area contributed by atoms with Gasteiger partial charge in [0.25, 0.3) is 5.91 Å². The third kappa shape index (κ3) is 2.74. The normalized spacial score (nSPS) is 20.0. The predicted molar refractivity (Wildman–Crippen MR) is 103 cm³/mol. The lowest BCUT2D eigenvalue weighted by Crippen LogP contribution is -2.40. The molecule has 0 bridgehead atoms. The number of carbonyl (C=O) groups is 2. The van der Waals surface area contributed by atoms with Crippen LogP contribution in [0.2, 0.25) is 10.0 Å². The van der Waals surface area contributed by atoms with Crippen LogP contribution in [-0.2, 0) is 16.9 Å². The van der Waals surface area contributed by atoms with E-state index < -0.39 is 11.6 Å². The van der Waals surface area contributed by atoms with E-state index in [1.165, 1.54) is 16.2 Å². The fourth-order valence-electron chi connectivity index (χ4n) is 2.97. The fraction of sp³-hybridized carbons (Fsp3) is 0.167. The molecule has 1 aliphatic rings. The molecule has 1 atom stereocenters. The van der Waals surface area contributed by atoms with Crippen molar-refractivity contribution >= 4 is 56.7 Å². The number of halogens is 2. The Bertz CT molecular complexity index is 1020. The Kier molecular flexibility index (Phi) is 4.14. The smallest absolute Gasteiger partial charge is 0.319 e. The van der Waals surface area contributed by atoms with Crippen LogP contribution in [-0.4, -0.2) is 21.8 Å². The van der Waals surface area contributed by atoms with Gasteiger partial charge >= 0.3 is 6.03 Å². The minimum atomic E-state index is -1.19. The molecule has 1 saturated heterocycles. The molecule has 0 radical (unpaired) electrons. The Morgan fingerprint density at radius 1 is 1.15 bits per heavy atom. The number of thiazole rings is 1. The molecule has 0 aliphatic carbocycles. The quantitative estimate of drug-likeness (QED) is 0.649. The number of carbonyl (C=O) groups excluding carboxylic acids is 2. The van der Waals surface area contributed by atoms with Crippen LogP contribution in [0.25, 0.3) is 10.2 Å². The van der Waals surface area contributed by atoms with Crippen LogP contribution >= 0.6 is 34.5 Å². The van der Waals surface area contributed by atoms with E-state index in [1.54, 1.807) is 25.1 Å². The number of hydrogen-bond donors (Lipinski definition) is 1. The number of amides is 3. The zero-order valence-corrected chi connectivity index (χ0v) is 16.0. The lowest BCUT2D eigenvalue weighted by molar-refractivity contribution is -0.131. The number of nitrogens with one attached hydrogen (secondary N) is 1. The first-order valence-electron chi connectivity index (χ1n) is 7.82. The van der Waals surface area contributed by atoms with E-state index in [4.69, 9.17) is 23.2 Å². The molecule has 1 N–H and O–H groups in total. The minimum Gasteiger partial charge on any atom is -0.319 e. The number of urea groups is 1. The summed E-state index contributed by atoms with van der Waals surface area (Å²) in [6.07, 6.45) is 0. The first kappa shape index (κ1) is 17.3. The molecule has 4 rings (SSSR count). The van der Waals surface area contributed by atoms with Crippen molar-refractivity contribution in [3.05, 3.63) is 63.1 Å².